The SMILES string of the molecule is O=C1Nc2ccc(S(=O)[NH+]([O-])c3ccc(C(=O)O)cc3)cc2/C1=C\c1nccs1. The second kappa shape index (κ2) is 7.68. The van der Waals surface area contributed by atoms with Crippen molar-refractivity contribution in [2.75, 3.05) is 5.32 Å². The maximum atomic E-state index is 12.8. The van der Waals surface area contributed by atoms with E-state index < -0.39 is 21.4 Å². The highest BCUT2D eigenvalue weighted by atomic mass is 32.2. The lowest BCUT2D eigenvalue weighted by molar-refractivity contribution is -0.618. The number of benzene rings is 2. The molecule has 8 nitrogen and oxygen atoms in total. The Kier molecular flexibility index (Phi) is 5.07. The van der Waals surface area contributed by atoms with E-state index >= 15 is 0 Å². The summed E-state index contributed by atoms with van der Waals surface area (Å²) in [6.45, 7) is 0. The topological polar surface area (TPSA) is 124 Å². The average molecular weight is 427 g/mol. The first-order valence-corrected chi connectivity index (χ1v) is 10.3. The van der Waals surface area contributed by atoms with Crippen LogP contribution in [0.25, 0.3) is 11.6 Å². The number of amides is 1. The Morgan fingerprint density at radius 1 is 1.24 bits per heavy atom. The summed E-state index contributed by atoms with van der Waals surface area (Å²) >= 11 is 1.38. The molecular weight excluding hydrogens is 414 g/mol. The molecule has 0 radical (unpaired) electrons. The molecule has 0 saturated carbocycles. The molecule has 3 aromatic rings. The molecule has 1 aromatic heterocycles. The van der Waals surface area contributed by atoms with Gasteiger partial charge >= 0.3 is 5.97 Å². The van der Waals surface area contributed by atoms with Crippen LogP contribution < -0.4 is 9.79 Å². The molecule has 0 saturated heterocycles. The van der Waals surface area contributed by atoms with Crippen LogP contribution in [0.5, 0.6) is 0 Å². The molecule has 10 heteroatoms. The summed E-state index contributed by atoms with van der Waals surface area (Å²) in [7, 11) is -2.02. The van der Waals surface area contributed by atoms with Crippen molar-refractivity contribution in [1.29, 1.82) is 0 Å². The Balaban J connectivity index is 1.65. The number of aromatic carboxylic acids is 1. The number of carboxylic acid groups (broad SMARTS) is 1. The Bertz CT molecular complexity index is 1160. The summed E-state index contributed by atoms with van der Waals surface area (Å²) in [5.74, 6) is -1.41. The summed E-state index contributed by atoms with van der Waals surface area (Å²) in [6, 6.07) is 9.90. The Morgan fingerprint density at radius 2 is 2.00 bits per heavy atom. The zero-order valence-corrected chi connectivity index (χ0v) is 16.3. The second-order valence-electron chi connectivity index (χ2n) is 6.03. The number of fused-ring (bicyclic) bond motifs is 1. The smallest absolute Gasteiger partial charge is 0.335 e. The van der Waals surface area contributed by atoms with Crippen molar-refractivity contribution in [3.8, 4) is 0 Å². The van der Waals surface area contributed by atoms with Gasteiger partial charge in [-0.05, 0) is 36.4 Å². The van der Waals surface area contributed by atoms with E-state index in [1.165, 1.54) is 41.7 Å². The number of nitrogens with zero attached hydrogens (tertiary/aromatic N) is 1. The quantitative estimate of drug-likeness (QED) is 0.423. The highest BCUT2D eigenvalue weighted by molar-refractivity contribution is 7.78. The van der Waals surface area contributed by atoms with E-state index in [4.69, 9.17) is 5.11 Å². The summed E-state index contributed by atoms with van der Waals surface area (Å²) < 4.78 is 12.1. The normalized spacial score (nSPS) is 16.3. The van der Waals surface area contributed by atoms with Crippen molar-refractivity contribution in [2.45, 2.75) is 4.90 Å². The number of nitrogens with one attached hydrogen (secondary N) is 2. The van der Waals surface area contributed by atoms with Gasteiger partial charge in [0.2, 0.25) is 11.0 Å². The highest BCUT2D eigenvalue weighted by Crippen LogP contribution is 2.34. The number of hydrogen-bond acceptors (Lipinski definition) is 6. The molecule has 4 rings (SSSR count). The number of hydrogen-bond donors (Lipinski definition) is 3. The predicted octanol–water partition coefficient (Wildman–Crippen LogP) is 2.07. The summed E-state index contributed by atoms with van der Waals surface area (Å²) in [4.78, 5) is 27.6. The van der Waals surface area contributed by atoms with Crippen LogP contribution in [0.4, 0.5) is 11.4 Å². The van der Waals surface area contributed by atoms with Gasteiger partial charge in [0.1, 0.15) is 10.7 Å². The molecule has 2 aromatic carbocycles. The molecular formula is C19H13N3O5S2. The van der Waals surface area contributed by atoms with Crippen molar-refractivity contribution < 1.29 is 23.4 Å². The summed E-state index contributed by atoms with van der Waals surface area (Å²) in [6.07, 6.45) is 3.27. The third kappa shape index (κ3) is 3.74. The van der Waals surface area contributed by atoms with E-state index in [9.17, 15) is 19.0 Å². The van der Waals surface area contributed by atoms with Crippen molar-refractivity contribution in [3.05, 3.63) is 75.4 Å². The van der Waals surface area contributed by atoms with E-state index in [1.807, 2.05) is 0 Å². The van der Waals surface area contributed by atoms with Crippen molar-refractivity contribution in [1.82, 2.24) is 4.98 Å². The monoisotopic (exact) mass is 427 g/mol. The van der Waals surface area contributed by atoms with Gasteiger partial charge in [0.05, 0.1) is 16.0 Å². The first-order chi connectivity index (χ1) is 13.9. The fourth-order valence-electron chi connectivity index (χ4n) is 2.82. The van der Waals surface area contributed by atoms with Crippen LogP contribution in [0, 0.1) is 5.21 Å². The van der Waals surface area contributed by atoms with Crippen LogP contribution in [0.15, 0.2) is 58.9 Å². The van der Waals surface area contributed by atoms with Crippen molar-refractivity contribution in [3.63, 3.8) is 0 Å². The minimum absolute atomic E-state index is 0.0337. The fraction of sp³-hybridized carbons (Fsp3) is 0. The lowest BCUT2D eigenvalue weighted by Gasteiger charge is -2.19. The molecule has 2 atom stereocenters. The Hall–Kier alpha value is -3.18. The number of carbonyl (C=O) groups is 2. The molecule has 146 valence electrons. The number of thiazole rings is 1. The standard InChI is InChI=1S/C19H13N3O5S2/c23-18-15(10-17-20-7-8-28-17)14-9-13(5-6-16(14)21-18)29(27)22(26)12-3-1-11(2-4-12)19(24)25/h1-10,22H,(H,21,23)(H,24,25)/b15-10+. The second-order valence-corrected chi connectivity index (χ2v) is 8.33. The lowest BCUT2D eigenvalue weighted by atomic mass is 10.1. The fourth-order valence-corrected chi connectivity index (χ4v) is 4.37. The Morgan fingerprint density at radius 3 is 2.66 bits per heavy atom. The summed E-state index contributed by atoms with van der Waals surface area (Å²) in [5.41, 5.74) is 1.67. The minimum atomic E-state index is -2.02. The van der Waals surface area contributed by atoms with Crippen LogP contribution >= 0.6 is 11.3 Å². The molecule has 29 heavy (non-hydrogen) atoms. The van der Waals surface area contributed by atoms with E-state index in [0.717, 1.165) is 0 Å². The molecule has 2 unspecified atom stereocenters. The first-order valence-electron chi connectivity index (χ1n) is 8.30. The number of carbonyl (C=O) groups excluding carboxylic acids is 1. The lowest BCUT2D eigenvalue weighted by Crippen LogP contribution is -3.01. The maximum Gasteiger partial charge on any atom is 0.335 e. The van der Waals surface area contributed by atoms with E-state index in [0.29, 0.717) is 21.8 Å². The van der Waals surface area contributed by atoms with Gasteiger partial charge in [-0.2, -0.15) is 4.21 Å². The van der Waals surface area contributed by atoms with E-state index in [1.54, 1.807) is 29.8 Å². The molecule has 1 aliphatic rings. The summed E-state index contributed by atoms with van der Waals surface area (Å²) in [5, 5.41) is 26.7. The zero-order valence-electron chi connectivity index (χ0n) is 14.6. The van der Waals surface area contributed by atoms with Crippen LogP contribution in [-0.4, -0.2) is 26.2 Å². The first kappa shape index (κ1) is 19.2. The van der Waals surface area contributed by atoms with Gasteiger partial charge in [-0.1, -0.05) is 0 Å². The third-order valence-electron chi connectivity index (χ3n) is 4.24. The van der Waals surface area contributed by atoms with Crippen LogP contribution in [0.2, 0.25) is 0 Å². The molecule has 3 N–H and O–H groups in total. The van der Waals surface area contributed by atoms with Gasteiger partial charge in [-0.3, -0.25) is 9.26 Å². The van der Waals surface area contributed by atoms with Crippen molar-refractivity contribution >= 4 is 57.2 Å². The van der Waals surface area contributed by atoms with Crippen LogP contribution in [0.3, 0.4) is 0 Å². The van der Waals surface area contributed by atoms with E-state index in [2.05, 4.69) is 10.3 Å². The molecule has 1 aliphatic heterocycles. The third-order valence-corrected chi connectivity index (χ3v) is 6.22. The van der Waals surface area contributed by atoms with Crippen LogP contribution in [0.1, 0.15) is 20.9 Å². The molecule has 0 spiro atoms. The molecule has 1 amide bonds. The van der Waals surface area contributed by atoms with Gasteiger partial charge in [0.25, 0.3) is 5.91 Å². The van der Waals surface area contributed by atoms with Crippen molar-refractivity contribution in [2.24, 2.45) is 0 Å². The van der Waals surface area contributed by atoms with E-state index in [-0.39, 0.29) is 22.1 Å². The number of rotatable bonds is 5. The highest BCUT2D eigenvalue weighted by Gasteiger charge is 2.27. The number of aromatic nitrogens is 1. The molecule has 0 aliphatic carbocycles. The maximum absolute atomic E-state index is 12.8. The van der Waals surface area contributed by atoms with Crippen LogP contribution in [-0.2, 0) is 15.8 Å². The number of quaternary nitrogens is 1. The molecule has 0 fully saturated rings. The number of carboxylic acids is 1. The zero-order chi connectivity index (χ0) is 20.5. The Labute approximate surface area is 171 Å². The molecule has 2 heterocycles. The number of anilines is 1. The average Bonchev–Trinajstić information content (AvgIpc) is 3.35. The van der Waals surface area contributed by atoms with Gasteiger partial charge < -0.3 is 15.6 Å². The predicted molar refractivity (Wildman–Crippen MR) is 109 cm³/mol. The van der Waals surface area contributed by atoms with Gasteiger partial charge in [0, 0.05) is 35.0 Å². The van der Waals surface area contributed by atoms with Gasteiger partial charge in [-0.15, -0.1) is 11.3 Å². The van der Waals surface area contributed by atoms with Gasteiger partial charge in [-0.25, -0.2) is 9.78 Å². The molecule has 0 bridgehead atoms. The van der Waals surface area contributed by atoms with Gasteiger partial charge in [0.15, 0.2) is 0 Å². The minimum Gasteiger partial charge on any atom is -0.614 e. The largest absolute Gasteiger partial charge is 0.614 e.